The highest BCUT2D eigenvalue weighted by Crippen LogP contribution is 2.24. The molecule has 0 aliphatic heterocycles. The summed E-state index contributed by atoms with van der Waals surface area (Å²) < 4.78 is 10.3. The van der Waals surface area contributed by atoms with Gasteiger partial charge in [0.25, 0.3) is 5.91 Å². The summed E-state index contributed by atoms with van der Waals surface area (Å²) in [5, 5.41) is 11.2. The maximum absolute atomic E-state index is 12.0. The van der Waals surface area contributed by atoms with Gasteiger partial charge in [-0.25, -0.2) is 0 Å². The molecule has 0 atom stereocenters. The highest BCUT2D eigenvalue weighted by Gasteiger charge is 2.13. The lowest BCUT2D eigenvalue weighted by Crippen LogP contribution is -2.13. The number of nitriles is 1. The van der Waals surface area contributed by atoms with Crippen LogP contribution >= 0.6 is 0 Å². The number of benzene rings is 1. The third kappa shape index (κ3) is 2.93. The van der Waals surface area contributed by atoms with Crippen molar-refractivity contribution in [1.29, 1.82) is 5.26 Å². The molecule has 5 nitrogen and oxygen atoms in total. The molecule has 96 valence electrons. The number of ether oxygens (including phenoxy) is 1. The van der Waals surface area contributed by atoms with E-state index in [4.69, 9.17) is 14.4 Å². The van der Waals surface area contributed by atoms with Crippen LogP contribution < -0.4 is 10.1 Å². The minimum Gasteiger partial charge on any atom is -0.477 e. The lowest BCUT2D eigenvalue weighted by molar-refractivity contribution is 0.102. The monoisotopic (exact) mass is 256 g/mol. The van der Waals surface area contributed by atoms with E-state index in [2.05, 4.69) is 5.32 Å². The van der Waals surface area contributed by atoms with Crippen LogP contribution in [0, 0.1) is 18.3 Å². The Morgan fingerprint density at radius 2 is 2.21 bits per heavy atom. The number of furan rings is 1. The second-order valence-corrected chi connectivity index (χ2v) is 3.79. The number of carbonyl (C=O) groups is 1. The fourth-order valence-corrected chi connectivity index (χ4v) is 1.62. The molecule has 0 aliphatic rings. The van der Waals surface area contributed by atoms with E-state index in [1.807, 2.05) is 6.07 Å². The molecule has 1 heterocycles. The summed E-state index contributed by atoms with van der Waals surface area (Å²) >= 11 is 0. The van der Waals surface area contributed by atoms with E-state index in [1.165, 1.54) is 6.26 Å². The van der Waals surface area contributed by atoms with Crippen LogP contribution in [-0.2, 0) is 0 Å². The van der Waals surface area contributed by atoms with Crippen molar-refractivity contribution in [1.82, 2.24) is 0 Å². The Kier molecular flexibility index (Phi) is 3.84. The van der Waals surface area contributed by atoms with Crippen molar-refractivity contribution in [3.8, 4) is 11.8 Å². The van der Waals surface area contributed by atoms with Gasteiger partial charge in [0.15, 0.2) is 6.61 Å². The quantitative estimate of drug-likeness (QED) is 0.912. The van der Waals surface area contributed by atoms with Crippen LogP contribution in [0.4, 0.5) is 5.69 Å². The van der Waals surface area contributed by atoms with Crippen molar-refractivity contribution in [2.24, 2.45) is 0 Å². The van der Waals surface area contributed by atoms with E-state index in [9.17, 15) is 4.79 Å². The van der Waals surface area contributed by atoms with E-state index in [1.54, 1.807) is 37.3 Å². The number of carbonyl (C=O) groups excluding carboxylic acids is 1. The lowest BCUT2D eigenvalue weighted by Gasteiger charge is -2.10. The number of aryl methyl sites for hydroxylation is 1. The smallest absolute Gasteiger partial charge is 0.259 e. The summed E-state index contributed by atoms with van der Waals surface area (Å²) in [5.41, 5.74) is 0.985. The number of nitrogens with one attached hydrogen (secondary N) is 1. The number of hydrogen-bond acceptors (Lipinski definition) is 4. The molecule has 1 aromatic carbocycles. The predicted molar refractivity (Wildman–Crippen MR) is 68.9 cm³/mol. The molecule has 1 N–H and O–H groups in total. The molecule has 0 bridgehead atoms. The van der Waals surface area contributed by atoms with Crippen LogP contribution in [0.15, 0.2) is 41.0 Å². The molecule has 19 heavy (non-hydrogen) atoms. The summed E-state index contributed by atoms with van der Waals surface area (Å²) in [6, 6.07) is 10.4. The second-order valence-electron chi connectivity index (χ2n) is 3.79. The summed E-state index contributed by atoms with van der Waals surface area (Å²) in [6.45, 7) is 1.64. The molecule has 1 amide bonds. The Labute approximate surface area is 110 Å². The Bertz CT molecular complexity index is 626. The van der Waals surface area contributed by atoms with Gasteiger partial charge in [-0.15, -0.1) is 0 Å². The first-order valence-electron chi connectivity index (χ1n) is 5.66. The maximum Gasteiger partial charge on any atom is 0.259 e. The van der Waals surface area contributed by atoms with Crippen molar-refractivity contribution in [3.63, 3.8) is 0 Å². The van der Waals surface area contributed by atoms with Crippen molar-refractivity contribution in [2.75, 3.05) is 11.9 Å². The summed E-state index contributed by atoms with van der Waals surface area (Å²) in [4.78, 5) is 12.0. The van der Waals surface area contributed by atoms with Gasteiger partial charge >= 0.3 is 0 Å². The summed E-state index contributed by atoms with van der Waals surface area (Å²) in [6.07, 6.45) is 1.46. The third-order valence-electron chi connectivity index (χ3n) is 2.53. The van der Waals surface area contributed by atoms with Crippen LogP contribution in [-0.4, -0.2) is 12.5 Å². The molecule has 0 fully saturated rings. The van der Waals surface area contributed by atoms with Crippen molar-refractivity contribution in [3.05, 3.63) is 47.9 Å². The number of anilines is 1. The van der Waals surface area contributed by atoms with E-state index >= 15 is 0 Å². The van der Waals surface area contributed by atoms with E-state index in [0.29, 0.717) is 22.8 Å². The fourth-order valence-electron chi connectivity index (χ4n) is 1.62. The summed E-state index contributed by atoms with van der Waals surface area (Å²) in [5.74, 6) is 0.728. The number of nitrogens with zero attached hydrogens (tertiary/aromatic N) is 1. The van der Waals surface area contributed by atoms with Gasteiger partial charge in [0.1, 0.15) is 17.6 Å². The third-order valence-corrected chi connectivity index (χ3v) is 2.53. The van der Waals surface area contributed by atoms with Gasteiger partial charge in [-0.2, -0.15) is 5.26 Å². The van der Waals surface area contributed by atoms with Crippen molar-refractivity contribution in [2.45, 2.75) is 6.92 Å². The molecule has 0 radical (unpaired) electrons. The Morgan fingerprint density at radius 1 is 1.42 bits per heavy atom. The predicted octanol–water partition coefficient (Wildman–Crippen LogP) is 2.74. The average molecular weight is 256 g/mol. The Balaban J connectivity index is 2.17. The van der Waals surface area contributed by atoms with E-state index in [0.717, 1.165) is 0 Å². The molecular weight excluding hydrogens is 244 g/mol. The van der Waals surface area contributed by atoms with Crippen LogP contribution in [0.2, 0.25) is 0 Å². The molecule has 0 spiro atoms. The number of rotatable bonds is 4. The SMILES string of the molecule is Cc1occc1C(=O)Nc1ccccc1OCC#N. The largest absolute Gasteiger partial charge is 0.477 e. The number of hydrogen-bond donors (Lipinski definition) is 1. The van der Waals surface area contributed by atoms with Gasteiger partial charge in [-0.3, -0.25) is 4.79 Å². The normalized spacial score (nSPS) is 9.68. The zero-order valence-electron chi connectivity index (χ0n) is 10.3. The van der Waals surface area contributed by atoms with Gasteiger partial charge in [-0.1, -0.05) is 12.1 Å². The fraction of sp³-hybridized carbons (Fsp3) is 0.143. The maximum atomic E-state index is 12.0. The van der Waals surface area contributed by atoms with Crippen LogP contribution in [0.5, 0.6) is 5.75 Å². The molecule has 0 aliphatic carbocycles. The van der Waals surface area contributed by atoms with E-state index < -0.39 is 0 Å². The number of para-hydroxylation sites is 2. The molecule has 5 heteroatoms. The highest BCUT2D eigenvalue weighted by molar-refractivity contribution is 6.05. The molecule has 0 saturated heterocycles. The molecular formula is C14H12N2O3. The van der Waals surface area contributed by atoms with E-state index in [-0.39, 0.29) is 12.5 Å². The summed E-state index contributed by atoms with van der Waals surface area (Å²) in [7, 11) is 0. The second kappa shape index (κ2) is 5.74. The zero-order valence-corrected chi connectivity index (χ0v) is 10.3. The first kappa shape index (κ1) is 12.7. The standard InChI is InChI=1S/C14H12N2O3/c1-10-11(6-8-18-10)14(17)16-12-4-2-3-5-13(12)19-9-7-15/h2-6,8H,9H2,1H3,(H,16,17). The van der Waals surface area contributed by atoms with Gasteiger partial charge < -0.3 is 14.5 Å². The molecule has 2 rings (SSSR count). The van der Waals surface area contributed by atoms with Crippen LogP contribution in [0.25, 0.3) is 0 Å². The first-order chi connectivity index (χ1) is 9.22. The van der Waals surface area contributed by atoms with Crippen molar-refractivity contribution >= 4 is 11.6 Å². The van der Waals surface area contributed by atoms with Crippen molar-refractivity contribution < 1.29 is 13.9 Å². The van der Waals surface area contributed by atoms with Gasteiger partial charge in [0.2, 0.25) is 0 Å². The van der Waals surface area contributed by atoms with Crippen LogP contribution in [0.3, 0.4) is 0 Å². The van der Waals surface area contributed by atoms with Gasteiger partial charge in [0.05, 0.1) is 17.5 Å². The molecule has 2 aromatic rings. The average Bonchev–Trinajstić information content (AvgIpc) is 2.84. The first-order valence-corrected chi connectivity index (χ1v) is 5.66. The Hall–Kier alpha value is -2.74. The topological polar surface area (TPSA) is 75.3 Å². The zero-order chi connectivity index (χ0) is 13.7. The highest BCUT2D eigenvalue weighted by atomic mass is 16.5. The minimum atomic E-state index is -0.278. The van der Waals surface area contributed by atoms with Gasteiger partial charge in [-0.05, 0) is 25.1 Å². The van der Waals surface area contributed by atoms with Crippen LogP contribution in [0.1, 0.15) is 16.1 Å². The van der Waals surface area contributed by atoms with Gasteiger partial charge in [0, 0.05) is 0 Å². The Morgan fingerprint density at radius 3 is 2.89 bits per heavy atom. The molecule has 1 aromatic heterocycles. The molecule has 0 unspecified atom stereocenters. The minimum absolute atomic E-state index is 0.0718. The number of amides is 1. The lowest BCUT2D eigenvalue weighted by atomic mass is 10.2. The molecule has 0 saturated carbocycles.